The summed E-state index contributed by atoms with van der Waals surface area (Å²) in [7, 11) is 0. The molecule has 0 atom stereocenters. The molecule has 0 heterocycles. The maximum absolute atomic E-state index is 12.0. The molecule has 1 N–H and O–H groups in total. The van der Waals surface area contributed by atoms with E-state index in [0.29, 0.717) is 11.4 Å². The van der Waals surface area contributed by atoms with E-state index >= 15 is 0 Å². The predicted octanol–water partition coefficient (Wildman–Crippen LogP) is 4.02. The number of fused-ring (bicyclic) bond motifs is 1. The molecule has 0 radical (unpaired) electrons. The third-order valence-corrected chi connectivity index (χ3v) is 4.07. The molecule has 0 saturated carbocycles. The summed E-state index contributed by atoms with van der Waals surface area (Å²) < 4.78 is 10.4. The molecule has 0 bridgehead atoms. The molecule has 0 saturated heterocycles. The molecule has 3 rings (SSSR count). The molecule has 5 nitrogen and oxygen atoms in total. The van der Waals surface area contributed by atoms with Crippen LogP contribution in [0.2, 0.25) is 0 Å². The molecule has 0 aromatic heterocycles. The number of esters is 1. The van der Waals surface area contributed by atoms with Crippen molar-refractivity contribution in [2.24, 2.45) is 0 Å². The van der Waals surface area contributed by atoms with Crippen LogP contribution in [0.4, 0.5) is 5.69 Å². The zero-order valence-corrected chi connectivity index (χ0v) is 15.3. The van der Waals surface area contributed by atoms with E-state index in [1.54, 1.807) is 0 Å². The zero-order valence-electron chi connectivity index (χ0n) is 15.3. The molecule has 0 fully saturated rings. The lowest BCUT2D eigenvalue weighted by Gasteiger charge is -2.10. The van der Waals surface area contributed by atoms with Crippen molar-refractivity contribution in [2.45, 2.75) is 13.8 Å². The van der Waals surface area contributed by atoms with Crippen molar-refractivity contribution in [1.82, 2.24) is 0 Å². The molecule has 0 unspecified atom stereocenters. The van der Waals surface area contributed by atoms with Gasteiger partial charge in [0, 0.05) is 5.69 Å². The smallest absolute Gasteiger partial charge is 0.344 e. The van der Waals surface area contributed by atoms with Gasteiger partial charge in [-0.2, -0.15) is 0 Å². The quantitative estimate of drug-likeness (QED) is 0.672. The lowest BCUT2D eigenvalue weighted by Crippen LogP contribution is -2.23. The van der Waals surface area contributed by atoms with Crippen molar-refractivity contribution in [3.8, 4) is 5.75 Å². The van der Waals surface area contributed by atoms with E-state index in [0.717, 1.165) is 21.9 Å². The van der Waals surface area contributed by atoms with E-state index in [2.05, 4.69) is 5.32 Å². The Hall–Kier alpha value is -3.34. The Labute approximate surface area is 157 Å². The Bertz CT molecular complexity index is 981. The molecule has 138 valence electrons. The fraction of sp³-hybridized carbons (Fsp3) is 0.182. The Balaban J connectivity index is 1.47. The van der Waals surface area contributed by atoms with E-state index in [9.17, 15) is 9.59 Å². The molecule has 27 heavy (non-hydrogen) atoms. The number of carbonyl (C=O) groups is 2. The topological polar surface area (TPSA) is 64.6 Å². The van der Waals surface area contributed by atoms with Crippen molar-refractivity contribution in [3.63, 3.8) is 0 Å². The van der Waals surface area contributed by atoms with Gasteiger partial charge in [-0.3, -0.25) is 4.79 Å². The molecule has 0 aliphatic rings. The van der Waals surface area contributed by atoms with Crippen LogP contribution in [0.25, 0.3) is 10.8 Å². The number of amides is 1. The van der Waals surface area contributed by atoms with Crippen molar-refractivity contribution in [1.29, 1.82) is 0 Å². The summed E-state index contributed by atoms with van der Waals surface area (Å²) >= 11 is 0. The number of rotatable bonds is 6. The summed E-state index contributed by atoms with van der Waals surface area (Å²) in [6.45, 7) is 3.29. The number of aryl methyl sites for hydroxylation is 2. The second-order valence-corrected chi connectivity index (χ2v) is 6.33. The van der Waals surface area contributed by atoms with Crippen molar-refractivity contribution >= 4 is 28.3 Å². The molecule has 0 spiro atoms. The molecule has 0 aliphatic heterocycles. The van der Waals surface area contributed by atoms with Gasteiger partial charge in [-0.1, -0.05) is 48.0 Å². The van der Waals surface area contributed by atoms with Gasteiger partial charge < -0.3 is 14.8 Å². The molecule has 3 aromatic carbocycles. The summed E-state index contributed by atoms with van der Waals surface area (Å²) in [5.74, 6) is -0.369. The Morgan fingerprint density at radius 1 is 0.889 bits per heavy atom. The normalized spacial score (nSPS) is 10.4. The van der Waals surface area contributed by atoms with E-state index in [1.165, 1.54) is 0 Å². The number of hydrogen-bond donors (Lipinski definition) is 1. The van der Waals surface area contributed by atoms with Gasteiger partial charge in [-0.25, -0.2) is 4.79 Å². The number of carbonyl (C=O) groups excluding carboxylic acids is 2. The summed E-state index contributed by atoms with van der Waals surface area (Å²) in [4.78, 5) is 23.8. The average molecular weight is 363 g/mol. The van der Waals surface area contributed by atoms with Crippen LogP contribution < -0.4 is 10.1 Å². The van der Waals surface area contributed by atoms with Gasteiger partial charge in [-0.05, 0) is 48.4 Å². The largest absolute Gasteiger partial charge is 0.482 e. The average Bonchev–Trinajstić information content (AvgIpc) is 2.65. The monoisotopic (exact) mass is 363 g/mol. The summed E-state index contributed by atoms with van der Waals surface area (Å²) in [5.41, 5.74) is 2.71. The molecule has 1 amide bonds. The highest BCUT2D eigenvalue weighted by atomic mass is 16.6. The zero-order chi connectivity index (χ0) is 19.2. The fourth-order valence-corrected chi connectivity index (χ4v) is 2.75. The molecule has 5 heteroatoms. The molecular weight excluding hydrogens is 342 g/mol. The van der Waals surface area contributed by atoms with Crippen LogP contribution in [-0.4, -0.2) is 25.1 Å². The van der Waals surface area contributed by atoms with Gasteiger partial charge in [0.15, 0.2) is 13.2 Å². The van der Waals surface area contributed by atoms with Crippen LogP contribution in [0.15, 0.2) is 60.7 Å². The van der Waals surface area contributed by atoms with Gasteiger partial charge in [0.25, 0.3) is 5.91 Å². The van der Waals surface area contributed by atoms with Crippen LogP contribution in [0.5, 0.6) is 5.75 Å². The highest BCUT2D eigenvalue weighted by Crippen LogP contribution is 2.19. The van der Waals surface area contributed by atoms with Gasteiger partial charge in [0.2, 0.25) is 0 Å². The van der Waals surface area contributed by atoms with Gasteiger partial charge in [0.05, 0.1) is 0 Å². The molecule has 0 aliphatic carbocycles. The number of hydrogen-bond acceptors (Lipinski definition) is 4. The highest BCUT2D eigenvalue weighted by molar-refractivity contribution is 5.95. The van der Waals surface area contributed by atoms with Crippen LogP contribution in [0.3, 0.4) is 0 Å². The lowest BCUT2D eigenvalue weighted by atomic mass is 10.1. The first-order valence-corrected chi connectivity index (χ1v) is 8.65. The minimum Gasteiger partial charge on any atom is -0.482 e. The number of ether oxygens (including phenoxy) is 2. The Morgan fingerprint density at radius 2 is 1.67 bits per heavy atom. The second kappa shape index (κ2) is 8.36. The molecular formula is C22H21NO4. The lowest BCUT2D eigenvalue weighted by molar-refractivity contribution is -0.149. The van der Waals surface area contributed by atoms with Gasteiger partial charge >= 0.3 is 5.97 Å². The number of anilines is 1. The first-order chi connectivity index (χ1) is 13.0. The second-order valence-electron chi connectivity index (χ2n) is 6.33. The van der Waals surface area contributed by atoms with Crippen molar-refractivity contribution < 1.29 is 19.1 Å². The molecule has 3 aromatic rings. The number of benzene rings is 3. The Morgan fingerprint density at radius 3 is 2.44 bits per heavy atom. The van der Waals surface area contributed by atoms with Crippen LogP contribution in [0, 0.1) is 13.8 Å². The van der Waals surface area contributed by atoms with E-state index in [-0.39, 0.29) is 13.2 Å². The van der Waals surface area contributed by atoms with Crippen LogP contribution in [-0.2, 0) is 14.3 Å². The van der Waals surface area contributed by atoms with E-state index < -0.39 is 11.9 Å². The maximum atomic E-state index is 12.0. The number of nitrogens with one attached hydrogen (secondary N) is 1. The van der Waals surface area contributed by atoms with Crippen LogP contribution in [0.1, 0.15) is 11.1 Å². The predicted molar refractivity (Wildman–Crippen MR) is 105 cm³/mol. The maximum Gasteiger partial charge on any atom is 0.344 e. The fourth-order valence-electron chi connectivity index (χ4n) is 2.75. The van der Waals surface area contributed by atoms with Crippen molar-refractivity contribution in [3.05, 3.63) is 71.8 Å². The van der Waals surface area contributed by atoms with Gasteiger partial charge in [0.1, 0.15) is 5.75 Å². The Kier molecular flexibility index (Phi) is 5.71. The standard InChI is InChI=1S/C22H21NO4/c1-15-7-10-20(16(2)11-15)26-14-22(25)27-13-21(24)23-19-9-8-17-5-3-4-6-18(17)12-19/h3-12H,13-14H2,1-2H3,(H,23,24). The third-order valence-electron chi connectivity index (χ3n) is 4.07. The first kappa shape index (κ1) is 18.5. The summed E-state index contributed by atoms with van der Waals surface area (Å²) in [5, 5.41) is 4.83. The highest BCUT2D eigenvalue weighted by Gasteiger charge is 2.10. The SMILES string of the molecule is Cc1ccc(OCC(=O)OCC(=O)Nc2ccc3ccccc3c2)c(C)c1. The van der Waals surface area contributed by atoms with E-state index in [4.69, 9.17) is 9.47 Å². The minimum atomic E-state index is -0.594. The van der Waals surface area contributed by atoms with Gasteiger partial charge in [-0.15, -0.1) is 0 Å². The third kappa shape index (κ3) is 5.07. The van der Waals surface area contributed by atoms with E-state index in [1.807, 2.05) is 74.5 Å². The summed E-state index contributed by atoms with van der Waals surface area (Å²) in [6, 6.07) is 19.2. The minimum absolute atomic E-state index is 0.243. The van der Waals surface area contributed by atoms with Crippen LogP contribution >= 0.6 is 0 Å². The summed E-state index contributed by atoms with van der Waals surface area (Å²) in [6.07, 6.45) is 0. The van der Waals surface area contributed by atoms with Crippen molar-refractivity contribution in [2.75, 3.05) is 18.5 Å². The first-order valence-electron chi connectivity index (χ1n) is 8.65.